The molecule has 0 atom stereocenters. The van der Waals surface area contributed by atoms with Gasteiger partial charge in [-0.1, -0.05) is 48.6 Å². The minimum absolute atomic E-state index is 0.0469. The van der Waals surface area contributed by atoms with Crippen LogP contribution in [0.25, 0.3) is 5.52 Å². The Balaban J connectivity index is 1.51. The number of aromatic nitrogens is 3. The van der Waals surface area contributed by atoms with Crippen molar-refractivity contribution in [2.45, 2.75) is 19.9 Å². The number of amides is 1. The maximum Gasteiger partial charge on any atom is 0.252 e. The van der Waals surface area contributed by atoms with Crippen LogP contribution in [0.2, 0.25) is 0 Å². The molecule has 0 fully saturated rings. The molecule has 0 spiro atoms. The second kappa shape index (κ2) is 7.77. The van der Waals surface area contributed by atoms with E-state index in [4.69, 9.17) is 0 Å². The third-order valence-corrected chi connectivity index (χ3v) is 5.54. The number of ketones is 1. The molecule has 0 unspecified atom stereocenters. The number of rotatable bonds is 6. The standard InChI is InChI=1S/C25H21N5O2/c1-15-8-9-18(25(32)28-19-10-11-19)12-21(15)29-24-22-16(2)20(13-30(22)27-14-26-24)23(31)17-6-4-3-5-7-17/h3-14,19H,1-2H3,(H,28,32)(H,26,27,29). The van der Waals surface area contributed by atoms with Crippen LogP contribution in [-0.4, -0.2) is 32.3 Å². The summed E-state index contributed by atoms with van der Waals surface area (Å²) in [5, 5.41) is 10.5. The van der Waals surface area contributed by atoms with E-state index in [1.807, 2.05) is 50.3 Å². The fourth-order valence-corrected chi connectivity index (χ4v) is 3.64. The molecule has 7 nitrogen and oxygen atoms in total. The largest absolute Gasteiger partial charge is 0.342 e. The number of fused-ring (bicyclic) bond motifs is 1. The quantitative estimate of drug-likeness (QED) is 0.362. The van der Waals surface area contributed by atoms with E-state index in [0.717, 1.165) is 16.8 Å². The molecule has 5 rings (SSSR count). The van der Waals surface area contributed by atoms with Crippen molar-refractivity contribution >= 4 is 28.7 Å². The highest BCUT2D eigenvalue weighted by Crippen LogP contribution is 2.28. The lowest BCUT2D eigenvalue weighted by Gasteiger charge is -2.12. The molecule has 1 amide bonds. The van der Waals surface area contributed by atoms with Gasteiger partial charge in [0.1, 0.15) is 11.8 Å². The molecular formula is C25H21N5O2. The average Bonchev–Trinajstić information content (AvgIpc) is 3.56. The summed E-state index contributed by atoms with van der Waals surface area (Å²) in [5.74, 6) is 0.364. The first kappa shape index (κ1) is 19.7. The lowest BCUT2D eigenvalue weighted by Crippen LogP contribution is -2.26. The molecule has 4 aromatic rings. The number of hydrogen-bond acceptors (Lipinski definition) is 5. The van der Waals surface area contributed by atoms with Crippen LogP contribution < -0.4 is 10.6 Å². The summed E-state index contributed by atoms with van der Waals surface area (Å²) < 4.78 is 1.66. The van der Waals surface area contributed by atoms with Crippen LogP contribution in [0.4, 0.5) is 11.5 Å². The van der Waals surface area contributed by atoms with Gasteiger partial charge in [-0.05, 0) is 37.1 Å². The van der Waals surface area contributed by atoms with Gasteiger partial charge in [0, 0.05) is 28.6 Å². The molecular weight excluding hydrogens is 402 g/mol. The lowest BCUT2D eigenvalue weighted by molar-refractivity contribution is 0.0953. The van der Waals surface area contributed by atoms with Crippen molar-refractivity contribution in [1.29, 1.82) is 0 Å². The van der Waals surface area contributed by atoms with Crippen LogP contribution in [0.15, 0.2) is 73.2 Å². The van der Waals surface area contributed by atoms with E-state index in [0.29, 0.717) is 28.0 Å². The third-order valence-electron chi connectivity index (χ3n) is 5.54. The maximum absolute atomic E-state index is 13.0. The highest BCUT2D eigenvalue weighted by molar-refractivity contribution is 6.11. The van der Waals surface area contributed by atoms with Crippen LogP contribution in [0.3, 0.4) is 0 Å². The fourth-order valence-electron chi connectivity index (χ4n) is 3.64. The van der Waals surface area contributed by atoms with E-state index in [9.17, 15) is 9.59 Å². The van der Waals surface area contributed by atoms with E-state index >= 15 is 0 Å². The van der Waals surface area contributed by atoms with Gasteiger partial charge in [-0.25, -0.2) is 9.50 Å². The predicted molar refractivity (Wildman–Crippen MR) is 122 cm³/mol. The molecule has 0 aliphatic heterocycles. The molecule has 0 saturated heterocycles. The second-order valence-electron chi connectivity index (χ2n) is 7.80. The van der Waals surface area contributed by atoms with Gasteiger partial charge in [-0.15, -0.1) is 0 Å². The second-order valence-corrected chi connectivity index (χ2v) is 7.80. The van der Waals surface area contributed by atoms with Gasteiger partial charge in [0.05, 0.1) is 6.04 Å². The van der Waals surface area contributed by atoms with Gasteiger partial charge in [0.2, 0.25) is 0 Å². The molecule has 0 radical (unpaired) electrons. The maximum atomic E-state index is 13.0. The monoisotopic (exact) mass is 423 g/mol. The summed E-state index contributed by atoms with van der Waals surface area (Å²) in [6.45, 7) is 3.85. The molecule has 2 aromatic heterocycles. The normalized spacial score (nSPS) is 12.7. The Hall–Kier alpha value is -4.26. The Labute approximate surface area is 184 Å². The van der Waals surface area contributed by atoms with Crippen molar-refractivity contribution in [2.75, 3.05) is 5.32 Å². The first-order valence-corrected chi connectivity index (χ1v) is 10.3. The Morgan fingerprint density at radius 1 is 1.00 bits per heavy atom. The molecule has 1 aliphatic rings. The summed E-state index contributed by atoms with van der Waals surface area (Å²) in [6, 6.07) is 14.7. The molecule has 0 saturated carbocycles. The minimum atomic E-state index is -0.134. The molecule has 1 aliphatic carbocycles. The molecule has 7 heteroatoms. The van der Waals surface area contributed by atoms with E-state index in [1.54, 1.807) is 35.0 Å². The molecule has 158 valence electrons. The topological polar surface area (TPSA) is 88.4 Å². The van der Waals surface area contributed by atoms with Crippen molar-refractivity contribution in [3.8, 4) is 0 Å². The summed E-state index contributed by atoms with van der Waals surface area (Å²) in [6.07, 6.45) is 7.02. The van der Waals surface area contributed by atoms with Crippen molar-refractivity contribution in [2.24, 2.45) is 0 Å². The number of aryl methyl sites for hydroxylation is 2. The van der Waals surface area contributed by atoms with Crippen molar-refractivity contribution in [3.63, 3.8) is 0 Å². The van der Waals surface area contributed by atoms with Crippen LogP contribution in [-0.2, 0) is 0 Å². The van der Waals surface area contributed by atoms with Crippen molar-refractivity contribution < 1.29 is 9.59 Å². The molecule has 2 heterocycles. The molecule has 2 aromatic carbocycles. The van der Waals surface area contributed by atoms with Gasteiger partial charge in [-0.2, -0.15) is 5.10 Å². The van der Waals surface area contributed by atoms with Gasteiger partial charge < -0.3 is 10.6 Å². The zero-order valence-corrected chi connectivity index (χ0v) is 17.7. The fraction of sp³-hybridized carbons (Fsp3) is 0.120. The Kier molecular flexibility index (Phi) is 4.78. The van der Waals surface area contributed by atoms with Crippen LogP contribution in [0.5, 0.6) is 0 Å². The van der Waals surface area contributed by atoms with E-state index in [1.165, 1.54) is 6.33 Å². The number of anilines is 2. The summed E-state index contributed by atoms with van der Waals surface area (Å²) >= 11 is 0. The summed E-state index contributed by atoms with van der Waals surface area (Å²) in [7, 11) is 0. The number of hydrogen-bond donors (Lipinski definition) is 2. The number of carbonyl (C=O) groups is 2. The van der Waals surface area contributed by atoms with Gasteiger partial charge in [-0.3, -0.25) is 9.59 Å². The SMILES string of the molecule is Cc1ccc(C(=O)NC2C=C2)cc1Nc1ncnn2cc(C(=O)c3ccccc3)c(C)c12. The van der Waals surface area contributed by atoms with Crippen molar-refractivity contribution in [3.05, 3.63) is 101 Å². The van der Waals surface area contributed by atoms with Crippen LogP contribution >= 0.6 is 0 Å². The van der Waals surface area contributed by atoms with E-state index in [2.05, 4.69) is 20.7 Å². The average molecular weight is 423 g/mol. The molecule has 2 N–H and O–H groups in total. The van der Waals surface area contributed by atoms with E-state index in [-0.39, 0.29) is 17.7 Å². The van der Waals surface area contributed by atoms with E-state index < -0.39 is 0 Å². The third kappa shape index (κ3) is 3.65. The Bertz CT molecular complexity index is 1380. The molecule has 0 bridgehead atoms. The first-order chi connectivity index (χ1) is 15.5. The Morgan fingerprint density at radius 2 is 1.78 bits per heavy atom. The van der Waals surface area contributed by atoms with Gasteiger partial charge >= 0.3 is 0 Å². The van der Waals surface area contributed by atoms with Crippen LogP contribution in [0, 0.1) is 13.8 Å². The lowest BCUT2D eigenvalue weighted by atomic mass is 10.0. The summed E-state index contributed by atoms with van der Waals surface area (Å²) in [5.41, 5.74) is 4.97. The first-order valence-electron chi connectivity index (χ1n) is 10.3. The van der Waals surface area contributed by atoms with Crippen molar-refractivity contribution in [1.82, 2.24) is 19.9 Å². The van der Waals surface area contributed by atoms with Gasteiger partial charge in [0.25, 0.3) is 5.91 Å². The minimum Gasteiger partial charge on any atom is -0.342 e. The smallest absolute Gasteiger partial charge is 0.252 e. The Morgan fingerprint density at radius 3 is 2.53 bits per heavy atom. The van der Waals surface area contributed by atoms with Gasteiger partial charge in [0.15, 0.2) is 11.6 Å². The van der Waals surface area contributed by atoms with Crippen LogP contribution in [0.1, 0.15) is 37.4 Å². The molecule has 32 heavy (non-hydrogen) atoms. The predicted octanol–water partition coefficient (Wildman–Crippen LogP) is 3.99. The zero-order chi connectivity index (χ0) is 22.2. The highest BCUT2D eigenvalue weighted by atomic mass is 16.1. The number of carbonyl (C=O) groups excluding carboxylic acids is 2. The number of nitrogens with zero attached hydrogens (tertiary/aromatic N) is 3. The number of benzene rings is 2. The summed E-state index contributed by atoms with van der Waals surface area (Å²) in [4.78, 5) is 29.9. The number of nitrogens with one attached hydrogen (secondary N) is 2. The zero-order valence-electron chi connectivity index (χ0n) is 17.7. The highest BCUT2D eigenvalue weighted by Gasteiger charge is 2.20.